The number of rotatable bonds is 4. The summed E-state index contributed by atoms with van der Waals surface area (Å²) >= 11 is 0. The molecule has 2 aromatic rings. The van der Waals surface area contributed by atoms with E-state index in [-0.39, 0.29) is 5.97 Å². The van der Waals surface area contributed by atoms with Crippen LogP contribution in [-0.2, 0) is 9.53 Å². The van der Waals surface area contributed by atoms with Crippen LogP contribution in [0.2, 0.25) is 0 Å². The Labute approximate surface area is 112 Å². The molecule has 0 bridgehead atoms. The molecule has 0 spiro atoms. The summed E-state index contributed by atoms with van der Waals surface area (Å²) in [6.45, 7) is 2.16. The first kappa shape index (κ1) is 13.0. The first-order valence-corrected chi connectivity index (χ1v) is 6.15. The molecule has 0 saturated carbocycles. The van der Waals surface area contributed by atoms with Crippen LogP contribution >= 0.6 is 0 Å². The molecule has 1 heterocycles. The highest BCUT2D eigenvalue weighted by Gasteiger charge is 2.08. The summed E-state index contributed by atoms with van der Waals surface area (Å²) in [4.78, 5) is 15.8. The Hall–Kier alpha value is -2.42. The number of hydrogen-bond donors (Lipinski definition) is 0. The third kappa shape index (κ3) is 3.52. The summed E-state index contributed by atoms with van der Waals surface area (Å²) in [5.41, 5.74) is 2.66. The highest BCUT2D eigenvalue weighted by Crippen LogP contribution is 2.22. The van der Waals surface area contributed by atoms with Crippen molar-refractivity contribution >= 4 is 11.5 Å². The van der Waals surface area contributed by atoms with E-state index in [0.29, 0.717) is 6.61 Å². The average molecular weight is 253 g/mol. The molecule has 0 aliphatic carbocycles. The molecule has 0 N–H and O–H groups in total. The fourth-order valence-electron chi connectivity index (χ4n) is 1.77. The van der Waals surface area contributed by atoms with Crippen LogP contribution in [0.25, 0.3) is 5.57 Å². The molecule has 0 aliphatic heterocycles. The largest absolute Gasteiger partial charge is 0.463 e. The van der Waals surface area contributed by atoms with Gasteiger partial charge in [0.15, 0.2) is 0 Å². The first-order valence-electron chi connectivity index (χ1n) is 6.15. The van der Waals surface area contributed by atoms with Gasteiger partial charge in [-0.05, 0) is 24.1 Å². The van der Waals surface area contributed by atoms with Crippen molar-refractivity contribution in [3.05, 3.63) is 72.1 Å². The summed E-state index contributed by atoms with van der Waals surface area (Å²) in [5, 5.41) is 0. The minimum absolute atomic E-state index is 0.342. The van der Waals surface area contributed by atoms with Crippen molar-refractivity contribution in [3.63, 3.8) is 0 Å². The van der Waals surface area contributed by atoms with Crippen molar-refractivity contribution < 1.29 is 9.53 Å². The number of aromatic nitrogens is 1. The SMILES string of the molecule is CCOC(=O)C=C(c1ccccc1)c1cccnc1. The van der Waals surface area contributed by atoms with Crippen LogP contribution in [0.3, 0.4) is 0 Å². The Morgan fingerprint density at radius 1 is 1.16 bits per heavy atom. The Morgan fingerprint density at radius 3 is 2.53 bits per heavy atom. The molecule has 3 heteroatoms. The summed E-state index contributed by atoms with van der Waals surface area (Å²) in [6, 6.07) is 13.5. The molecule has 0 radical (unpaired) electrons. The molecule has 0 unspecified atom stereocenters. The van der Waals surface area contributed by atoms with E-state index in [0.717, 1.165) is 16.7 Å². The monoisotopic (exact) mass is 253 g/mol. The first-order chi connectivity index (χ1) is 9.31. The van der Waals surface area contributed by atoms with E-state index >= 15 is 0 Å². The van der Waals surface area contributed by atoms with Crippen LogP contribution in [0.4, 0.5) is 0 Å². The maximum Gasteiger partial charge on any atom is 0.331 e. The molecular formula is C16H15NO2. The molecule has 3 nitrogen and oxygen atoms in total. The van der Waals surface area contributed by atoms with E-state index in [2.05, 4.69) is 4.98 Å². The van der Waals surface area contributed by atoms with Crippen LogP contribution < -0.4 is 0 Å². The third-order valence-electron chi connectivity index (χ3n) is 2.61. The van der Waals surface area contributed by atoms with Crippen molar-refractivity contribution in [2.75, 3.05) is 6.61 Å². The van der Waals surface area contributed by atoms with Gasteiger partial charge in [0, 0.05) is 24.0 Å². The zero-order chi connectivity index (χ0) is 13.5. The maximum atomic E-state index is 11.7. The Kier molecular flexibility index (Phi) is 4.45. The Bertz CT molecular complexity index is 520. The van der Waals surface area contributed by atoms with E-state index in [1.807, 2.05) is 42.5 Å². The van der Waals surface area contributed by atoms with E-state index in [9.17, 15) is 4.79 Å². The molecule has 0 atom stereocenters. The molecule has 2 rings (SSSR count). The predicted octanol–water partition coefficient (Wildman–Crippen LogP) is 3.08. The number of carbonyl (C=O) groups excluding carboxylic acids is 1. The fourth-order valence-corrected chi connectivity index (χ4v) is 1.77. The van der Waals surface area contributed by atoms with Crippen LogP contribution in [-0.4, -0.2) is 17.6 Å². The van der Waals surface area contributed by atoms with Gasteiger partial charge in [0.05, 0.1) is 6.61 Å². The summed E-state index contributed by atoms with van der Waals surface area (Å²) < 4.78 is 4.98. The lowest BCUT2D eigenvalue weighted by Gasteiger charge is -2.07. The van der Waals surface area contributed by atoms with Crippen molar-refractivity contribution in [2.24, 2.45) is 0 Å². The lowest BCUT2D eigenvalue weighted by Crippen LogP contribution is -2.02. The second kappa shape index (κ2) is 6.50. The smallest absolute Gasteiger partial charge is 0.331 e. The van der Waals surface area contributed by atoms with Gasteiger partial charge in [0.2, 0.25) is 0 Å². The summed E-state index contributed by atoms with van der Waals surface area (Å²) in [7, 11) is 0. The number of nitrogens with zero attached hydrogens (tertiary/aromatic N) is 1. The number of ether oxygens (including phenoxy) is 1. The topological polar surface area (TPSA) is 39.2 Å². The minimum atomic E-state index is -0.342. The van der Waals surface area contributed by atoms with Gasteiger partial charge in [-0.15, -0.1) is 0 Å². The van der Waals surface area contributed by atoms with Gasteiger partial charge in [-0.3, -0.25) is 4.98 Å². The normalized spacial score (nSPS) is 11.1. The van der Waals surface area contributed by atoms with Crippen molar-refractivity contribution in [1.82, 2.24) is 4.98 Å². The maximum absolute atomic E-state index is 11.7. The second-order valence-corrected chi connectivity index (χ2v) is 3.92. The van der Waals surface area contributed by atoms with Crippen molar-refractivity contribution in [2.45, 2.75) is 6.92 Å². The highest BCUT2D eigenvalue weighted by molar-refractivity contribution is 5.96. The Morgan fingerprint density at radius 2 is 1.89 bits per heavy atom. The summed E-state index contributed by atoms with van der Waals surface area (Å²) in [5.74, 6) is -0.342. The van der Waals surface area contributed by atoms with Gasteiger partial charge in [-0.25, -0.2) is 4.79 Å². The number of carbonyl (C=O) groups is 1. The lowest BCUT2D eigenvalue weighted by atomic mass is 9.99. The minimum Gasteiger partial charge on any atom is -0.463 e. The summed E-state index contributed by atoms with van der Waals surface area (Å²) in [6.07, 6.45) is 4.95. The van der Waals surface area contributed by atoms with Crippen LogP contribution in [0, 0.1) is 0 Å². The van der Waals surface area contributed by atoms with Gasteiger partial charge < -0.3 is 4.74 Å². The molecule has 0 amide bonds. The zero-order valence-corrected chi connectivity index (χ0v) is 10.7. The van der Waals surface area contributed by atoms with Gasteiger partial charge in [-0.2, -0.15) is 0 Å². The van der Waals surface area contributed by atoms with Gasteiger partial charge in [0.1, 0.15) is 0 Å². The molecule has 19 heavy (non-hydrogen) atoms. The molecule has 0 aliphatic rings. The van der Waals surface area contributed by atoms with Crippen molar-refractivity contribution in [3.8, 4) is 0 Å². The number of hydrogen-bond acceptors (Lipinski definition) is 3. The van der Waals surface area contributed by atoms with Crippen LogP contribution in [0.15, 0.2) is 60.9 Å². The van der Waals surface area contributed by atoms with Crippen LogP contribution in [0.5, 0.6) is 0 Å². The molecular weight excluding hydrogens is 238 g/mol. The highest BCUT2D eigenvalue weighted by atomic mass is 16.5. The zero-order valence-electron chi connectivity index (χ0n) is 10.7. The quantitative estimate of drug-likeness (QED) is 0.621. The Balaban J connectivity index is 2.43. The number of benzene rings is 1. The second-order valence-electron chi connectivity index (χ2n) is 3.92. The molecule has 96 valence electrons. The number of pyridine rings is 1. The lowest BCUT2D eigenvalue weighted by molar-refractivity contribution is -0.137. The van der Waals surface area contributed by atoms with Gasteiger partial charge >= 0.3 is 5.97 Å². The third-order valence-corrected chi connectivity index (χ3v) is 2.61. The molecule has 1 aromatic heterocycles. The molecule has 0 saturated heterocycles. The fraction of sp³-hybridized carbons (Fsp3) is 0.125. The standard InChI is InChI=1S/C16H15NO2/c1-2-19-16(18)11-15(13-7-4-3-5-8-13)14-9-6-10-17-12-14/h3-12H,2H2,1H3. The van der Waals surface area contributed by atoms with Crippen LogP contribution in [0.1, 0.15) is 18.1 Å². The van der Waals surface area contributed by atoms with E-state index in [1.165, 1.54) is 6.08 Å². The van der Waals surface area contributed by atoms with Crippen molar-refractivity contribution in [1.29, 1.82) is 0 Å². The molecule has 0 fully saturated rings. The number of esters is 1. The van der Waals surface area contributed by atoms with E-state index < -0.39 is 0 Å². The van der Waals surface area contributed by atoms with E-state index in [1.54, 1.807) is 19.3 Å². The molecule has 1 aromatic carbocycles. The van der Waals surface area contributed by atoms with E-state index in [4.69, 9.17) is 4.74 Å². The predicted molar refractivity (Wildman–Crippen MR) is 74.4 cm³/mol. The average Bonchev–Trinajstić information content (AvgIpc) is 2.47. The van der Waals surface area contributed by atoms with Gasteiger partial charge in [0.25, 0.3) is 0 Å². The van der Waals surface area contributed by atoms with Gasteiger partial charge in [-0.1, -0.05) is 36.4 Å².